The fraction of sp³-hybridized carbons (Fsp3) is 0.300. The van der Waals surface area contributed by atoms with E-state index in [4.69, 9.17) is 9.47 Å². The van der Waals surface area contributed by atoms with Crippen LogP contribution >= 0.6 is 24.0 Å². The first-order valence-corrected chi connectivity index (χ1v) is 8.94. The quantitative estimate of drug-likeness (QED) is 0.298. The fourth-order valence-corrected chi connectivity index (χ4v) is 2.76. The van der Waals surface area contributed by atoms with Crippen LogP contribution in [0.1, 0.15) is 12.6 Å². The van der Waals surface area contributed by atoms with Crippen molar-refractivity contribution in [3.05, 3.63) is 54.5 Å². The van der Waals surface area contributed by atoms with E-state index in [2.05, 4.69) is 20.6 Å². The summed E-state index contributed by atoms with van der Waals surface area (Å²) < 4.78 is 13.0. The van der Waals surface area contributed by atoms with E-state index in [0.717, 1.165) is 30.0 Å². The van der Waals surface area contributed by atoms with E-state index in [1.807, 2.05) is 60.1 Å². The average Bonchev–Trinajstić information content (AvgIpc) is 3.10. The number of nitrogens with zero attached hydrogens (tertiary/aromatic N) is 3. The van der Waals surface area contributed by atoms with Crippen molar-refractivity contribution >= 4 is 41.3 Å². The Morgan fingerprint density at radius 3 is 2.79 bits per heavy atom. The molecule has 0 spiro atoms. The first-order chi connectivity index (χ1) is 13.2. The topological polar surface area (TPSA) is 72.2 Å². The van der Waals surface area contributed by atoms with E-state index in [1.54, 1.807) is 14.2 Å². The molecule has 3 rings (SSSR count). The molecule has 28 heavy (non-hydrogen) atoms. The average molecular weight is 495 g/mol. The minimum atomic E-state index is 0. The van der Waals surface area contributed by atoms with Crippen molar-refractivity contribution in [2.75, 3.05) is 32.6 Å². The maximum atomic E-state index is 5.62. The zero-order valence-electron chi connectivity index (χ0n) is 16.3. The van der Waals surface area contributed by atoms with E-state index in [-0.39, 0.29) is 24.0 Å². The monoisotopic (exact) mass is 495 g/mol. The molecule has 0 atom stereocenters. The molecule has 2 aromatic heterocycles. The van der Waals surface area contributed by atoms with Gasteiger partial charge in [0.05, 0.1) is 19.4 Å². The largest absolute Gasteiger partial charge is 0.493 e. The molecule has 150 valence electrons. The molecule has 0 amide bonds. The van der Waals surface area contributed by atoms with Gasteiger partial charge in [0.15, 0.2) is 17.5 Å². The lowest BCUT2D eigenvalue weighted by atomic mass is 10.2. The molecule has 0 bridgehead atoms. The molecule has 0 fully saturated rings. The smallest absolute Gasteiger partial charge is 0.195 e. The number of hydrogen-bond acceptors (Lipinski definition) is 4. The van der Waals surface area contributed by atoms with Crippen molar-refractivity contribution in [1.29, 1.82) is 0 Å². The zero-order chi connectivity index (χ0) is 19.1. The molecule has 0 radical (unpaired) electrons. The van der Waals surface area contributed by atoms with Gasteiger partial charge in [0.2, 0.25) is 0 Å². The number of hydrogen-bond donors (Lipinski definition) is 2. The number of fused-ring (bicyclic) bond motifs is 1. The number of imidazole rings is 1. The van der Waals surface area contributed by atoms with Crippen LogP contribution in [0.15, 0.2) is 53.8 Å². The Morgan fingerprint density at radius 2 is 2.07 bits per heavy atom. The van der Waals surface area contributed by atoms with Gasteiger partial charge >= 0.3 is 0 Å². The summed E-state index contributed by atoms with van der Waals surface area (Å²) >= 11 is 0. The molecule has 3 aromatic rings. The summed E-state index contributed by atoms with van der Waals surface area (Å²) in [5.41, 5.74) is 2.86. The highest BCUT2D eigenvalue weighted by molar-refractivity contribution is 14.0. The van der Waals surface area contributed by atoms with Gasteiger partial charge in [0, 0.05) is 44.2 Å². The summed E-state index contributed by atoms with van der Waals surface area (Å²) in [7, 11) is 3.37. The Balaban J connectivity index is 0.00000280. The number of methoxy groups -OCH3 is 1. The second-order valence-corrected chi connectivity index (χ2v) is 5.87. The lowest BCUT2D eigenvalue weighted by Gasteiger charge is -2.14. The molecule has 0 aliphatic rings. The van der Waals surface area contributed by atoms with E-state index in [1.165, 1.54) is 0 Å². The Kier molecular flexibility index (Phi) is 8.37. The van der Waals surface area contributed by atoms with Crippen molar-refractivity contribution in [2.24, 2.45) is 4.99 Å². The Morgan fingerprint density at radius 1 is 1.21 bits per heavy atom. The predicted octanol–water partition coefficient (Wildman–Crippen LogP) is 3.59. The molecule has 0 aliphatic heterocycles. The van der Waals surface area contributed by atoms with Crippen molar-refractivity contribution in [1.82, 2.24) is 14.7 Å². The van der Waals surface area contributed by atoms with Crippen LogP contribution < -0.4 is 20.1 Å². The molecule has 0 saturated heterocycles. The molecule has 2 heterocycles. The highest BCUT2D eigenvalue weighted by atomic mass is 127. The minimum Gasteiger partial charge on any atom is -0.493 e. The fourth-order valence-electron chi connectivity index (χ4n) is 2.76. The number of ether oxygens (including phenoxy) is 2. The van der Waals surface area contributed by atoms with Crippen LogP contribution in [0.25, 0.3) is 5.65 Å². The molecule has 2 N–H and O–H groups in total. The number of nitrogens with one attached hydrogen (secondary N) is 2. The van der Waals surface area contributed by atoms with E-state index in [9.17, 15) is 0 Å². The van der Waals surface area contributed by atoms with Crippen LogP contribution in [-0.2, 0) is 6.42 Å². The van der Waals surface area contributed by atoms with Gasteiger partial charge in [-0.3, -0.25) is 4.99 Å². The van der Waals surface area contributed by atoms with Crippen molar-refractivity contribution < 1.29 is 9.47 Å². The second kappa shape index (κ2) is 10.7. The third kappa shape index (κ3) is 5.51. The SMILES string of the molecule is CCOc1cc(NC(=NC)NCCc2cn3ccccc3n2)ccc1OC.I. The van der Waals surface area contributed by atoms with Crippen molar-refractivity contribution in [2.45, 2.75) is 13.3 Å². The molecule has 8 heteroatoms. The molecule has 1 aromatic carbocycles. The van der Waals surface area contributed by atoms with Gasteiger partial charge in [-0.25, -0.2) is 4.98 Å². The van der Waals surface area contributed by atoms with Gasteiger partial charge in [-0.15, -0.1) is 24.0 Å². The predicted molar refractivity (Wildman–Crippen MR) is 123 cm³/mol. The van der Waals surface area contributed by atoms with Crippen LogP contribution in [0.4, 0.5) is 5.69 Å². The van der Waals surface area contributed by atoms with Crippen LogP contribution in [0.3, 0.4) is 0 Å². The summed E-state index contributed by atoms with van der Waals surface area (Å²) in [5, 5.41) is 6.58. The van der Waals surface area contributed by atoms with Gasteiger partial charge in [-0.2, -0.15) is 0 Å². The number of aromatic nitrogens is 2. The first kappa shape index (κ1) is 21.8. The van der Waals surface area contributed by atoms with Crippen LogP contribution in [0, 0.1) is 0 Å². The third-order valence-electron chi connectivity index (χ3n) is 4.04. The highest BCUT2D eigenvalue weighted by Crippen LogP contribution is 2.30. The standard InChI is InChI=1S/C20H25N5O2.HI/c1-4-27-18-13-15(8-9-17(18)26-3)24-20(21-2)22-11-10-16-14-25-12-6-5-7-19(25)23-16;/h5-9,12-14H,4,10-11H2,1-3H3,(H2,21,22,24);1H. The Hall–Kier alpha value is -2.49. The number of benzene rings is 1. The van der Waals surface area contributed by atoms with Gasteiger partial charge in [0.25, 0.3) is 0 Å². The van der Waals surface area contributed by atoms with Crippen LogP contribution in [0.2, 0.25) is 0 Å². The number of rotatable bonds is 7. The second-order valence-electron chi connectivity index (χ2n) is 5.87. The summed E-state index contributed by atoms with van der Waals surface area (Å²) in [5.74, 6) is 2.09. The van der Waals surface area contributed by atoms with Crippen molar-refractivity contribution in [3.8, 4) is 11.5 Å². The Bertz CT molecular complexity index is 893. The van der Waals surface area contributed by atoms with Crippen LogP contribution in [0.5, 0.6) is 11.5 Å². The normalized spacial score (nSPS) is 11.0. The number of anilines is 1. The number of halogens is 1. The summed E-state index contributed by atoms with van der Waals surface area (Å²) in [4.78, 5) is 8.88. The van der Waals surface area contributed by atoms with Gasteiger partial charge in [-0.1, -0.05) is 6.07 Å². The third-order valence-corrected chi connectivity index (χ3v) is 4.04. The molecule has 0 saturated carbocycles. The van der Waals surface area contributed by atoms with E-state index in [0.29, 0.717) is 24.1 Å². The lowest BCUT2D eigenvalue weighted by molar-refractivity contribution is 0.311. The highest BCUT2D eigenvalue weighted by Gasteiger charge is 2.07. The molecular formula is C20H26IN5O2. The summed E-state index contributed by atoms with van der Waals surface area (Å²) in [6, 6.07) is 11.7. The summed E-state index contributed by atoms with van der Waals surface area (Å²) in [6.45, 7) is 3.24. The zero-order valence-corrected chi connectivity index (χ0v) is 18.6. The van der Waals surface area contributed by atoms with Gasteiger partial charge < -0.3 is 24.5 Å². The number of pyridine rings is 1. The van der Waals surface area contributed by atoms with Crippen molar-refractivity contribution in [3.63, 3.8) is 0 Å². The van der Waals surface area contributed by atoms with E-state index >= 15 is 0 Å². The van der Waals surface area contributed by atoms with Gasteiger partial charge in [0.1, 0.15) is 5.65 Å². The van der Waals surface area contributed by atoms with Gasteiger partial charge in [-0.05, 0) is 31.2 Å². The maximum absolute atomic E-state index is 5.62. The Labute approximate surface area is 182 Å². The summed E-state index contributed by atoms with van der Waals surface area (Å²) in [6.07, 6.45) is 4.85. The molecule has 0 unspecified atom stereocenters. The maximum Gasteiger partial charge on any atom is 0.195 e. The molecular weight excluding hydrogens is 469 g/mol. The number of aliphatic imine (C=N–C) groups is 1. The first-order valence-electron chi connectivity index (χ1n) is 8.94. The minimum absolute atomic E-state index is 0. The molecule has 7 nitrogen and oxygen atoms in total. The number of guanidine groups is 1. The lowest BCUT2D eigenvalue weighted by Crippen LogP contribution is -2.32. The van der Waals surface area contributed by atoms with E-state index < -0.39 is 0 Å². The molecule has 0 aliphatic carbocycles. The van der Waals surface area contributed by atoms with Crippen LogP contribution in [-0.4, -0.2) is 42.7 Å².